The first kappa shape index (κ1) is 19.9. The van der Waals surface area contributed by atoms with Gasteiger partial charge in [-0.2, -0.15) is 0 Å². The number of benzene rings is 3. The molecule has 0 saturated heterocycles. The Morgan fingerprint density at radius 3 is 2.59 bits per heavy atom. The molecule has 0 amide bonds. The third kappa shape index (κ3) is 3.51. The van der Waals surface area contributed by atoms with E-state index in [4.69, 9.17) is 4.98 Å². The van der Waals surface area contributed by atoms with Gasteiger partial charge in [-0.15, -0.1) is 0 Å². The van der Waals surface area contributed by atoms with Crippen LogP contribution in [-0.2, 0) is 0 Å². The van der Waals surface area contributed by atoms with Gasteiger partial charge in [-0.25, -0.2) is 4.98 Å². The third-order valence-electron chi connectivity index (χ3n) is 5.47. The number of aromatic nitrogens is 3. The molecule has 154 valence electrons. The van der Waals surface area contributed by atoms with Crippen LogP contribution in [0.25, 0.3) is 39.6 Å². The van der Waals surface area contributed by atoms with E-state index in [0.29, 0.717) is 16.7 Å². The molecule has 0 bridgehead atoms. The van der Waals surface area contributed by atoms with Gasteiger partial charge in [0, 0.05) is 22.7 Å². The molecular weight excluding hydrogens is 414 g/mol. The molecule has 0 spiro atoms. The molecule has 0 aliphatic rings. The number of nitrogens with zero attached hydrogens (tertiary/aromatic N) is 2. The van der Waals surface area contributed by atoms with Gasteiger partial charge in [0.1, 0.15) is 5.82 Å². The number of nitrogens with one attached hydrogen (secondary N) is 1. The number of thiol groups is 1. The van der Waals surface area contributed by atoms with E-state index in [-0.39, 0.29) is 5.56 Å². The van der Waals surface area contributed by atoms with Crippen molar-refractivity contribution in [2.45, 2.75) is 6.92 Å². The van der Waals surface area contributed by atoms with Crippen molar-refractivity contribution >= 4 is 46.6 Å². The Bertz CT molecular complexity index is 1630. The zero-order valence-electron chi connectivity index (χ0n) is 17.3. The summed E-state index contributed by atoms with van der Waals surface area (Å²) in [6.45, 7) is 1.97. The predicted molar refractivity (Wildman–Crippen MR) is 135 cm³/mol. The lowest BCUT2D eigenvalue weighted by molar-refractivity contribution is 0.934. The molecule has 0 saturated carbocycles. The Morgan fingerprint density at radius 2 is 1.78 bits per heavy atom. The average Bonchev–Trinajstić information content (AvgIpc) is 3.22. The molecule has 4 nitrogen and oxygen atoms in total. The number of hydrogen-bond donors (Lipinski definition) is 2. The van der Waals surface area contributed by atoms with E-state index in [0.717, 1.165) is 33.3 Å². The molecule has 0 atom stereocenters. The second-order valence-electron chi connectivity index (χ2n) is 7.49. The van der Waals surface area contributed by atoms with Crippen LogP contribution in [0.2, 0.25) is 0 Å². The van der Waals surface area contributed by atoms with Gasteiger partial charge in [-0.3, -0.25) is 9.36 Å². The molecule has 3 aromatic carbocycles. The summed E-state index contributed by atoms with van der Waals surface area (Å²) in [7, 11) is 0. The monoisotopic (exact) mass is 433 g/mol. The lowest BCUT2D eigenvalue weighted by Crippen LogP contribution is -2.23. The molecule has 1 N–H and O–H groups in total. The van der Waals surface area contributed by atoms with Crippen molar-refractivity contribution in [2.75, 3.05) is 0 Å². The molecule has 32 heavy (non-hydrogen) atoms. The fraction of sp³-hybridized carbons (Fsp3) is 0.0370. The Morgan fingerprint density at radius 1 is 1.00 bits per heavy atom. The van der Waals surface area contributed by atoms with Crippen LogP contribution in [0.1, 0.15) is 22.5 Å². The fourth-order valence-electron chi connectivity index (χ4n) is 3.94. The van der Waals surface area contributed by atoms with Crippen LogP contribution in [0.4, 0.5) is 0 Å². The highest BCUT2D eigenvalue weighted by Gasteiger charge is 2.13. The maximum atomic E-state index is 13.5. The normalized spacial score (nSPS) is 11.2. The van der Waals surface area contributed by atoms with Crippen LogP contribution < -0.4 is 5.56 Å². The molecule has 0 radical (unpaired) electrons. The molecule has 2 heterocycles. The second kappa shape index (κ2) is 8.26. The molecular formula is C27H19N3OS. The van der Waals surface area contributed by atoms with E-state index in [1.165, 1.54) is 0 Å². The van der Waals surface area contributed by atoms with E-state index in [1.54, 1.807) is 4.57 Å². The number of para-hydroxylation sites is 2. The van der Waals surface area contributed by atoms with Gasteiger partial charge in [0.05, 0.1) is 16.6 Å². The fourth-order valence-corrected chi connectivity index (χ4v) is 4.07. The van der Waals surface area contributed by atoms with Crippen molar-refractivity contribution in [1.29, 1.82) is 0 Å². The highest BCUT2D eigenvalue weighted by Crippen LogP contribution is 2.22. The van der Waals surface area contributed by atoms with Crippen LogP contribution in [0.15, 0.2) is 77.7 Å². The minimum absolute atomic E-state index is 0.106. The number of fused-ring (bicyclic) bond motifs is 2. The van der Waals surface area contributed by atoms with Crippen molar-refractivity contribution in [3.05, 3.63) is 106 Å². The van der Waals surface area contributed by atoms with Crippen molar-refractivity contribution in [3.8, 4) is 16.9 Å². The minimum atomic E-state index is -0.106. The van der Waals surface area contributed by atoms with Gasteiger partial charge < -0.3 is 4.98 Å². The van der Waals surface area contributed by atoms with E-state index in [2.05, 4.69) is 34.9 Å². The molecule has 2 aromatic heterocycles. The van der Waals surface area contributed by atoms with E-state index >= 15 is 0 Å². The summed E-state index contributed by atoms with van der Waals surface area (Å²) >= 11 is 3.98. The van der Waals surface area contributed by atoms with Crippen molar-refractivity contribution < 1.29 is 0 Å². The van der Waals surface area contributed by atoms with Crippen LogP contribution in [0.3, 0.4) is 0 Å². The van der Waals surface area contributed by atoms with Crippen molar-refractivity contribution in [2.24, 2.45) is 0 Å². The van der Waals surface area contributed by atoms with E-state index < -0.39 is 0 Å². The van der Waals surface area contributed by atoms with Gasteiger partial charge in [0.15, 0.2) is 0 Å². The summed E-state index contributed by atoms with van der Waals surface area (Å²) in [6.07, 6.45) is 5.84. The Labute approximate surface area is 190 Å². The summed E-state index contributed by atoms with van der Waals surface area (Å²) in [5.41, 5.74) is 5.21. The standard InChI is InChI=1S/C27H19N3OS/c1-18-16-19(14-15-32)10-12-25(18)30-26(29-24-9-5-3-7-22(24)27(30)31)13-11-20-17-28-23-8-4-2-6-21(20)23/h2-13,16-17,28,32H,1H3/b13-11+. The number of aryl methyl sites for hydroxylation is 1. The topological polar surface area (TPSA) is 50.7 Å². The van der Waals surface area contributed by atoms with E-state index in [9.17, 15) is 4.79 Å². The maximum absolute atomic E-state index is 13.5. The highest BCUT2D eigenvalue weighted by molar-refractivity contribution is 7.85. The molecule has 5 heteroatoms. The van der Waals surface area contributed by atoms with E-state index in [1.807, 2.05) is 85.9 Å². The second-order valence-corrected chi connectivity index (χ2v) is 7.71. The van der Waals surface area contributed by atoms with Crippen LogP contribution in [0, 0.1) is 18.1 Å². The summed E-state index contributed by atoms with van der Waals surface area (Å²) in [6, 6.07) is 21.3. The number of aromatic amines is 1. The molecule has 0 unspecified atom stereocenters. The predicted octanol–water partition coefficient (Wildman–Crippen LogP) is 5.58. The van der Waals surface area contributed by atoms with Crippen LogP contribution in [-0.4, -0.2) is 14.5 Å². The highest BCUT2D eigenvalue weighted by atomic mass is 32.1. The lowest BCUT2D eigenvalue weighted by atomic mass is 10.1. The summed E-state index contributed by atoms with van der Waals surface area (Å²) in [4.78, 5) is 21.6. The Hall–Kier alpha value is -4.01. The first-order valence-electron chi connectivity index (χ1n) is 10.2. The Kier molecular flexibility index (Phi) is 5.14. The largest absolute Gasteiger partial charge is 0.361 e. The van der Waals surface area contributed by atoms with Crippen molar-refractivity contribution in [3.63, 3.8) is 0 Å². The number of H-pyrrole nitrogens is 1. The lowest BCUT2D eigenvalue weighted by Gasteiger charge is -2.14. The average molecular weight is 434 g/mol. The van der Waals surface area contributed by atoms with Gasteiger partial charge in [-0.1, -0.05) is 48.9 Å². The summed E-state index contributed by atoms with van der Waals surface area (Å²) in [5, 5.41) is 4.31. The maximum Gasteiger partial charge on any atom is 0.266 e. The molecule has 0 fully saturated rings. The molecule has 5 aromatic rings. The first-order chi connectivity index (χ1) is 15.7. The molecule has 0 aliphatic carbocycles. The van der Waals surface area contributed by atoms with Gasteiger partial charge in [0.25, 0.3) is 5.56 Å². The van der Waals surface area contributed by atoms with Crippen molar-refractivity contribution in [1.82, 2.24) is 14.5 Å². The molecule has 0 aliphatic heterocycles. The van der Waals surface area contributed by atoms with Gasteiger partial charge >= 0.3 is 0 Å². The quantitative estimate of drug-likeness (QED) is 0.288. The zero-order valence-corrected chi connectivity index (χ0v) is 18.2. The van der Waals surface area contributed by atoms with Crippen LogP contribution >= 0.6 is 12.6 Å². The SMILES string of the molecule is Cc1cc(C#CS)ccc1-n1c(/C=C/c2c[nH]c3ccccc23)nc2ccccc2c1=O. The number of hydrogen-bond acceptors (Lipinski definition) is 3. The summed E-state index contributed by atoms with van der Waals surface area (Å²) < 4.78 is 1.67. The third-order valence-corrected chi connectivity index (χ3v) is 5.58. The van der Waals surface area contributed by atoms with Crippen LogP contribution in [0.5, 0.6) is 0 Å². The minimum Gasteiger partial charge on any atom is -0.361 e. The first-order valence-corrected chi connectivity index (χ1v) is 10.6. The number of rotatable bonds is 3. The summed E-state index contributed by atoms with van der Waals surface area (Å²) in [5.74, 6) is 3.51. The zero-order chi connectivity index (χ0) is 22.1. The Balaban J connectivity index is 1.73. The smallest absolute Gasteiger partial charge is 0.266 e. The molecule has 5 rings (SSSR count). The van der Waals surface area contributed by atoms with Gasteiger partial charge in [-0.05, 0) is 71.9 Å². The van der Waals surface area contributed by atoms with Gasteiger partial charge in [0.2, 0.25) is 0 Å².